The third kappa shape index (κ3) is 5.66. The van der Waals surface area contributed by atoms with E-state index in [9.17, 15) is 4.79 Å². The fourth-order valence-corrected chi connectivity index (χ4v) is 2.75. The van der Waals surface area contributed by atoms with Crippen molar-refractivity contribution in [1.82, 2.24) is 4.90 Å². The van der Waals surface area contributed by atoms with Gasteiger partial charge in [0.1, 0.15) is 6.61 Å². The zero-order valence-corrected chi connectivity index (χ0v) is 17.2. The van der Waals surface area contributed by atoms with Crippen LogP contribution in [-0.4, -0.2) is 29.6 Å². The van der Waals surface area contributed by atoms with Crippen molar-refractivity contribution in [1.29, 1.82) is 0 Å². The minimum Gasteiger partial charge on any atom is -0.457 e. The second-order valence-corrected chi connectivity index (χ2v) is 7.03. The van der Waals surface area contributed by atoms with Crippen LogP contribution in [0.25, 0.3) is 0 Å². The number of carbonyl (C=O) groups is 1. The Bertz CT molecular complexity index is 844. The van der Waals surface area contributed by atoms with E-state index in [0.717, 1.165) is 22.4 Å². The molecular formula is C22H26N2O2S. The highest BCUT2D eigenvalue weighted by atomic mass is 32.1. The van der Waals surface area contributed by atoms with E-state index < -0.39 is 0 Å². The summed E-state index contributed by atoms with van der Waals surface area (Å²) in [6.45, 7) is 10.5. The van der Waals surface area contributed by atoms with Crippen molar-refractivity contribution in [2.24, 2.45) is 0 Å². The van der Waals surface area contributed by atoms with Crippen LogP contribution in [0.2, 0.25) is 0 Å². The standard InChI is InChI=1S/C22H26N2O2S/c1-6-11-24(5)22(27)23-20-13-16(3)19(12-17(20)4)21(25)26-14-18-9-7-15(2)8-10-18/h6-10,12-13H,1,11,14H2,2-5H3,(H,23,27). The number of rotatable bonds is 6. The summed E-state index contributed by atoms with van der Waals surface area (Å²) in [5.41, 5.74) is 5.36. The lowest BCUT2D eigenvalue weighted by Gasteiger charge is -2.21. The van der Waals surface area contributed by atoms with Gasteiger partial charge in [-0.05, 0) is 61.8 Å². The van der Waals surface area contributed by atoms with E-state index in [1.807, 2.05) is 69.1 Å². The van der Waals surface area contributed by atoms with Crippen LogP contribution in [-0.2, 0) is 11.3 Å². The minimum absolute atomic E-state index is 0.258. The second kappa shape index (κ2) is 9.33. The lowest BCUT2D eigenvalue weighted by Crippen LogP contribution is -2.31. The molecule has 0 fully saturated rings. The van der Waals surface area contributed by atoms with E-state index in [4.69, 9.17) is 17.0 Å². The first-order valence-corrected chi connectivity index (χ1v) is 9.19. The number of esters is 1. The maximum absolute atomic E-state index is 12.5. The van der Waals surface area contributed by atoms with Crippen LogP contribution in [0.3, 0.4) is 0 Å². The summed E-state index contributed by atoms with van der Waals surface area (Å²) in [5, 5.41) is 3.83. The number of nitrogens with one attached hydrogen (secondary N) is 1. The zero-order valence-electron chi connectivity index (χ0n) is 16.3. The molecule has 0 atom stereocenters. The average Bonchev–Trinajstić information content (AvgIpc) is 2.63. The van der Waals surface area contributed by atoms with E-state index >= 15 is 0 Å². The molecule has 142 valence electrons. The third-order valence-electron chi connectivity index (χ3n) is 4.27. The number of anilines is 1. The number of nitrogens with zero attached hydrogens (tertiary/aromatic N) is 1. The number of thiocarbonyl (C=S) groups is 1. The maximum atomic E-state index is 12.5. The summed E-state index contributed by atoms with van der Waals surface area (Å²) in [6.07, 6.45) is 1.79. The van der Waals surface area contributed by atoms with Crippen LogP contribution in [0.1, 0.15) is 32.6 Å². The molecule has 0 aliphatic rings. The number of ether oxygens (including phenoxy) is 1. The molecule has 0 bridgehead atoms. The first kappa shape index (κ1) is 20.6. The number of aryl methyl sites for hydroxylation is 3. The number of benzene rings is 2. The van der Waals surface area contributed by atoms with Crippen molar-refractivity contribution in [3.63, 3.8) is 0 Å². The fourth-order valence-electron chi connectivity index (χ4n) is 2.57. The Kier molecular flexibility index (Phi) is 7.13. The summed E-state index contributed by atoms with van der Waals surface area (Å²) in [4.78, 5) is 14.4. The molecule has 0 heterocycles. The van der Waals surface area contributed by atoms with Crippen molar-refractivity contribution in [2.75, 3.05) is 18.9 Å². The van der Waals surface area contributed by atoms with Crippen molar-refractivity contribution in [2.45, 2.75) is 27.4 Å². The van der Waals surface area contributed by atoms with Gasteiger partial charge in [0.25, 0.3) is 0 Å². The Morgan fingerprint density at radius 3 is 2.48 bits per heavy atom. The van der Waals surface area contributed by atoms with Gasteiger partial charge in [-0.2, -0.15) is 0 Å². The summed E-state index contributed by atoms with van der Waals surface area (Å²) in [5.74, 6) is -0.325. The van der Waals surface area contributed by atoms with Gasteiger partial charge in [0.2, 0.25) is 0 Å². The SMILES string of the molecule is C=CCN(C)C(=S)Nc1cc(C)c(C(=O)OCc2ccc(C)cc2)cc1C. The molecule has 5 heteroatoms. The quantitative estimate of drug-likeness (QED) is 0.442. The van der Waals surface area contributed by atoms with Gasteiger partial charge in [-0.15, -0.1) is 6.58 Å². The van der Waals surface area contributed by atoms with Gasteiger partial charge in [-0.1, -0.05) is 35.9 Å². The Balaban J connectivity index is 2.08. The molecule has 2 rings (SSSR count). The largest absolute Gasteiger partial charge is 0.457 e. The Labute approximate surface area is 166 Å². The number of hydrogen-bond acceptors (Lipinski definition) is 3. The van der Waals surface area contributed by atoms with E-state index in [-0.39, 0.29) is 12.6 Å². The molecule has 4 nitrogen and oxygen atoms in total. The van der Waals surface area contributed by atoms with Crippen LogP contribution >= 0.6 is 12.2 Å². The van der Waals surface area contributed by atoms with Crippen LogP contribution in [0, 0.1) is 20.8 Å². The molecule has 27 heavy (non-hydrogen) atoms. The zero-order chi connectivity index (χ0) is 20.0. The molecule has 0 aliphatic carbocycles. The topological polar surface area (TPSA) is 41.6 Å². The van der Waals surface area contributed by atoms with E-state index in [1.54, 1.807) is 6.08 Å². The van der Waals surface area contributed by atoms with Gasteiger partial charge >= 0.3 is 5.97 Å². The maximum Gasteiger partial charge on any atom is 0.338 e. The molecule has 0 radical (unpaired) electrons. The van der Waals surface area contributed by atoms with E-state index in [1.165, 1.54) is 5.56 Å². The van der Waals surface area contributed by atoms with Crippen molar-refractivity contribution in [3.05, 3.63) is 76.9 Å². The summed E-state index contributed by atoms with van der Waals surface area (Å²) in [7, 11) is 1.90. The molecular weight excluding hydrogens is 356 g/mol. The normalized spacial score (nSPS) is 10.2. The van der Waals surface area contributed by atoms with Crippen molar-refractivity contribution < 1.29 is 9.53 Å². The number of carbonyl (C=O) groups excluding carboxylic acids is 1. The fraction of sp³-hybridized carbons (Fsp3) is 0.273. The Morgan fingerprint density at radius 2 is 1.85 bits per heavy atom. The summed E-state index contributed by atoms with van der Waals surface area (Å²) < 4.78 is 5.48. The first-order chi connectivity index (χ1) is 12.8. The predicted molar refractivity (Wildman–Crippen MR) is 115 cm³/mol. The van der Waals surface area contributed by atoms with E-state index in [0.29, 0.717) is 17.2 Å². The average molecular weight is 383 g/mol. The highest BCUT2D eigenvalue weighted by Crippen LogP contribution is 2.22. The molecule has 0 saturated carbocycles. The van der Waals surface area contributed by atoms with Crippen molar-refractivity contribution in [3.8, 4) is 0 Å². The van der Waals surface area contributed by atoms with Crippen LogP contribution in [0.5, 0.6) is 0 Å². The first-order valence-electron chi connectivity index (χ1n) is 8.78. The van der Waals surface area contributed by atoms with Gasteiger partial charge in [0.15, 0.2) is 5.11 Å². The van der Waals surface area contributed by atoms with Crippen LogP contribution < -0.4 is 5.32 Å². The molecule has 2 aromatic rings. The van der Waals surface area contributed by atoms with Crippen LogP contribution in [0.15, 0.2) is 49.1 Å². The molecule has 0 aromatic heterocycles. The number of likely N-dealkylation sites (N-methyl/N-ethyl adjacent to an activating group) is 1. The molecule has 0 saturated heterocycles. The van der Waals surface area contributed by atoms with Gasteiger partial charge in [-0.3, -0.25) is 0 Å². The number of hydrogen-bond donors (Lipinski definition) is 1. The van der Waals surface area contributed by atoms with Gasteiger partial charge in [0.05, 0.1) is 5.56 Å². The Hall–Kier alpha value is -2.66. The monoisotopic (exact) mass is 382 g/mol. The molecule has 2 aromatic carbocycles. The van der Waals surface area contributed by atoms with Crippen LogP contribution in [0.4, 0.5) is 5.69 Å². The van der Waals surface area contributed by atoms with Gasteiger partial charge in [-0.25, -0.2) is 4.79 Å². The Morgan fingerprint density at radius 1 is 1.19 bits per heavy atom. The summed E-state index contributed by atoms with van der Waals surface area (Å²) in [6, 6.07) is 11.7. The van der Waals surface area contributed by atoms with Gasteiger partial charge < -0.3 is 15.0 Å². The predicted octanol–water partition coefficient (Wildman–Crippen LogP) is 4.78. The molecule has 1 N–H and O–H groups in total. The van der Waals surface area contributed by atoms with Gasteiger partial charge in [0, 0.05) is 19.3 Å². The highest BCUT2D eigenvalue weighted by Gasteiger charge is 2.14. The molecule has 0 unspecified atom stereocenters. The van der Waals surface area contributed by atoms with Crippen molar-refractivity contribution >= 4 is 29.0 Å². The third-order valence-corrected chi connectivity index (χ3v) is 4.69. The lowest BCUT2D eigenvalue weighted by atomic mass is 10.0. The molecule has 0 amide bonds. The molecule has 0 aliphatic heterocycles. The smallest absolute Gasteiger partial charge is 0.338 e. The summed E-state index contributed by atoms with van der Waals surface area (Å²) >= 11 is 5.39. The molecule has 0 spiro atoms. The highest BCUT2D eigenvalue weighted by molar-refractivity contribution is 7.80. The lowest BCUT2D eigenvalue weighted by molar-refractivity contribution is 0.0472. The second-order valence-electron chi connectivity index (χ2n) is 6.64. The minimum atomic E-state index is -0.325. The van der Waals surface area contributed by atoms with E-state index in [2.05, 4.69) is 11.9 Å².